The summed E-state index contributed by atoms with van der Waals surface area (Å²) in [5.74, 6) is -0.0445. The highest BCUT2D eigenvalue weighted by atomic mass is 16.5. The number of nitrogens with zero attached hydrogens (tertiary/aromatic N) is 1. The zero-order chi connectivity index (χ0) is 15.7. The number of morpholine rings is 1. The second-order valence-corrected chi connectivity index (χ2v) is 5.69. The van der Waals surface area contributed by atoms with Crippen molar-refractivity contribution in [3.8, 4) is 0 Å². The molecule has 1 aliphatic heterocycles. The number of aliphatic carboxylic acids is 1. The molecule has 3 N–H and O–H groups in total. The molecule has 7 heteroatoms. The molecule has 0 aliphatic carbocycles. The molecule has 1 rings (SSSR count). The molecule has 0 aromatic rings. The maximum Gasteiger partial charge on any atom is 0.329 e. The Bertz CT molecular complexity index is 330. The molecule has 0 aromatic carbocycles. The van der Waals surface area contributed by atoms with E-state index >= 15 is 0 Å². The fraction of sp³-hybridized carbons (Fsp3) is 0.857. The van der Waals surface area contributed by atoms with Gasteiger partial charge in [0.1, 0.15) is 0 Å². The molecule has 0 saturated carbocycles. The lowest BCUT2D eigenvalue weighted by Gasteiger charge is -2.27. The van der Waals surface area contributed by atoms with Crippen LogP contribution in [-0.4, -0.2) is 55.0 Å². The van der Waals surface area contributed by atoms with Crippen LogP contribution in [0.2, 0.25) is 0 Å². The summed E-state index contributed by atoms with van der Waals surface area (Å²) in [5.41, 5.74) is 2.78. The number of urea groups is 1. The van der Waals surface area contributed by atoms with Gasteiger partial charge in [-0.3, -0.25) is 10.2 Å². The highest BCUT2D eigenvalue weighted by molar-refractivity contribution is 5.73. The van der Waals surface area contributed by atoms with E-state index in [1.54, 1.807) is 0 Å². The molecule has 2 amide bonds. The summed E-state index contributed by atoms with van der Waals surface area (Å²) in [5, 5.41) is 13.4. The first-order valence-electron chi connectivity index (χ1n) is 7.58. The summed E-state index contributed by atoms with van der Waals surface area (Å²) < 4.78 is 5.21. The maximum atomic E-state index is 11.7. The van der Waals surface area contributed by atoms with Gasteiger partial charge in [0.05, 0.1) is 13.2 Å². The molecule has 1 unspecified atom stereocenters. The van der Waals surface area contributed by atoms with Crippen molar-refractivity contribution in [3.05, 3.63) is 0 Å². The second kappa shape index (κ2) is 9.57. The Hall–Kier alpha value is -1.34. The molecule has 1 fully saturated rings. The average Bonchev–Trinajstić information content (AvgIpc) is 2.43. The predicted octanol–water partition coefficient (Wildman–Crippen LogP) is 1.06. The highest BCUT2D eigenvalue weighted by Crippen LogP contribution is 2.20. The van der Waals surface area contributed by atoms with Crippen molar-refractivity contribution < 1.29 is 19.4 Å². The molecular weight excluding hydrogens is 274 g/mol. The van der Waals surface area contributed by atoms with E-state index in [4.69, 9.17) is 9.84 Å². The van der Waals surface area contributed by atoms with Crippen LogP contribution in [0.4, 0.5) is 4.79 Å². The van der Waals surface area contributed by atoms with Gasteiger partial charge in [-0.15, -0.1) is 0 Å². The Morgan fingerprint density at radius 2 is 1.90 bits per heavy atom. The van der Waals surface area contributed by atoms with Gasteiger partial charge >= 0.3 is 12.0 Å². The molecule has 0 radical (unpaired) electrons. The van der Waals surface area contributed by atoms with Crippen molar-refractivity contribution in [3.63, 3.8) is 0 Å². The van der Waals surface area contributed by atoms with Crippen LogP contribution in [0, 0.1) is 11.8 Å². The summed E-state index contributed by atoms with van der Waals surface area (Å²) in [7, 11) is 0. The van der Waals surface area contributed by atoms with Gasteiger partial charge in [-0.25, -0.2) is 9.80 Å². The number of carboxylic acids is 1. The second-order valence-electron chi connectivity index (χ2n) is 5.69. The number of hydrogen-bond acceptors (Lipinski definition) is 4. The smallest absolute Gasteiger partial charge is 0.329 e. The first kappa shape index (κ1) is 17.7. The van der Waals surface area contributed by atoms with E-state index in [2.05, 4.69) is 24.6 Å². The third-order valence-corrected chi connectivity index (χ3v) is 3.74. The molecule has 1 aliphatic rings. The first-order valence-corrected chi connectivity index (χ1v) is 7.58. The summed E-state index contributed by atoms with van der Waals surface area (Å²) in [4.78, 5) is 22.4. The third kappa shape index (κ3) is 7.87. The van der Waals surface area contributed by atoms with E-state index in [-0.39, 0.29) is 12.5 Å². The van der Waals surface area contributed by atoms with E-state index in [0.717, 1.165) is 6.42 Å². The van der Waals surface area contributed by atoms with Crippen LogP contribution < -0.4 is 10.7 Å². The standard InChI is InChI=1S/C14H27N3O4/c1-11(2)12(3-4-13(18)19)5-6-15-14(20)16-17-7-9-21-10-8-17/h11-12H,3-10H2,1-2H3,(H,18,19)(H2,15,16,20). The van der Waals surface area contributed by atoms with Crippen molar-refractivity contribution in [2.45, 2.75) is 33.1 Å². The lowest BCUT2D eigenvalue weighted by molar-refractivity contribution is -0.137. The van der Waals surface area contributed by atoms with Crippen LogP contribution >= 0.6 is 0 Å². The van der Waals surface area contributed by atoms with Gasteiger partial charge in [0, 0.05) is 26.1 Å². The van der Waals surface area contributed by atoms with Gasteiger partial charge in [-0.2, -0.15) is 0 Å². The van der Waals surface area contributed by atoms with Crippen molar-refractivity contribution in [1.82, 2.24) is 15.8 Å². The first-order chi connectivity index (χ1) is 9.99. The van der Waals surface area contributed by atoms with Gasteiger partial charge in [0.2, 0.25) is 0 Å². The summed E-state index contributed by atoms with van der Waals surface area (Å²) in [6.07, 6.45) is 1.63. The SMILES string of the molecule is CC(C)C(CCNC(=O)NN1CCOCC1)CCC(=O)O. The van der Waals surface area contributed by atoms with E-state index in [1.807, 2.05) is 5.01 Å². The summed E-state index contributed by atoms with van der Waals surface area (Å²) in [6, 6.07) is -0.211. The largest absolute Gasteiger partial charge is 0.481 e. The monoisotopic (exact) mass is 301 g/mol. The van der Waals surface area contributed by atoms with Gasteiger partial charge in [0.25, 0.3) is 0 Å². The molecular formula is C14H27N3O4. The topological polar surface area (TPSA) is 90.9 Å². The Kier molecular flexibility index (Phi) is 8.07. The molecule has 0 aromatic heterocycles. The third-order valence-electron chi connectivity index (χ3n) is 3.74. The molecule has 1 atom stereocenters. The van der Waals surface area contributed by atoms with Crippen molar-refractivity contribution in [2.75, 3.05) is 32.8 Å². The van der Waals surface area contributed by atoms with Crippen LogP contribution in [0.5, 0.6) is 0 Å². The van der Waals surface area contributed by atoms with E-state index in [0.29, 0.717) is 51.1 Å². The zero-order valence-corrected chi connectivity index (χ0v) is 12.9. The minimum absolute atomic E-state index is 0.183. The molecule has 1 saturated heterocycles. The number of carbonyl (C=O) groups is 2. The van der Waals surface area contributed by atoms with Crippen molar-refractivity contribution in [1.29, 1.82) is 0 Å². The highest BCUT2D eigenvalue weighted by Gasteiger charge is 2.16. The zero-order valence-electron chi connectivity index (χ0n) is 12.9. The molecule has 21 heavy (non-hydrogen) atoms. The molecule has 7 nitrogen and oxygen atoms in total. The minimum atomic E-state index is -0.765. The number of nitrogens with one attached hydrogen (secondary N) is 2. The van der Waals surface area contributed by atoms with Gasteiger partial charge in [-0.1, -0.05) is 13.8 Å². The molecule has 122 valence electrons. The van der Waals surface area contributed by atoms with E-state index in [1.165, 1.54) is 0 Å². The van der Waals surface area contributed by atoms with Gasteiger partial charge < -0.3 is 15.2 Å². The molecule has 0 spiro atoms. The van der Waals surface area contributed by atoms with Crippen LogP contribution in [0.15, 0.2) is 0 Å². The molecule has 1 heterocycles. The Morgan fingerprint density at radius 3 is 2.48 bits per heavy atom. The number of carboxylic acid groups (broad SMARTS) is 1. The fourth-order valence-electron chi connectivity index (χ4n) is 2.35. The summed E-state index contributed by atoms with van der Waals surface area (Å²) in [6.45, 7) is 7.37. The van der Waals surface area contributed by atoms with Crippen LogP contribution in [0.1, 0.15) is 33.1 Å². The Morgan fingerprint density at radius 1 is 1.24 bits per heavy atom. The van der Waals surface area contributed by atoms with Gasteiger partial charge in [0.15, 0.2) is 0 Å². The normalized spacial score (nSPS) is 17.5. The number of rotatable bonds is 8. The van der Waals surface area contributed by atoms with E-state index < -0.39 is 5.97 Å². The van der Waals surface area contributed by atoms with Crippen LogP contribution in [0.3, 0.4) is 0 Å². The Balaban J connectivity index is 2.19. The fourth-order valence-corrected chi connectivity index (χ4v) is 2.35. The maximum absolute atomic E-state index is 11.7. The van der Waals surface area contributed by atoms with E-state index in [9.17, 15) is 9.59 Å². The van der Waals surface area contributed by atoms with Crippen LogP contribution in [-0.2, 0) is 9.53 Å². The predicted molar refractivity (Wildman–Crippen MR) is 78.7 cm³/mol. The van der Waals surface area contributed by atoms with Gasteiger partial charge in [-0.05, 0) is 24.7 Å². The number of hydrazine groups is 1. The van der Waals surface area contributed by atoms with Crippen molar-refractivity contribution in [2.24, 2.45) is 11.8 Å². The number of amides is 2. The van der Waals surface area contributed by atoms with Crippen molar-refractivity contribution >= 4 is 12.0 Å². The average molecular weight is 301 g/mol. The lowest BCUT2D eigenvalue weighted by atomic mass is 9.88. The van der Waals surface area contributed by atoms with Crippen LogP contribution in [0.25, 0.3) is 0 Å². The number of carbonyl (C=O) groups excluding carboxylic acids is 1. The number of ether oxygens (including phenoxy) is 1. The quantitative estimate of drug-likeness (QED) is 0.623. The number of hydrogen-bond donors (Lipinski definition) is 3. The molecule has 0 bridgehead atoms. The minimum Gasteiger partial charge on any atom is -0.481 e. The summed E-state index contributed by atoms with van der Waals surface area (Å²) >= 11 is 0. The Labute approximate surface area is 126 Å². The lowest BCUT2D eigenvalue weighted by Crippen LogP contribution is -2.51.